The first kappa shape index (κ1) is 12.7. The van der Waals surface area contributed by atoms with E-state index < -0.39 is 0 Å². The Hall–Kier alpha value is -0.350. The van der Waals surface area contributed by atoms with E-state index in [2.05, 4.69) is 29.6 Å². The Morgan fingerprint density at radius 3 is 2.60 bits per heavy atom. The summed E-state index contributed by atoms with van der Waals surface area (Å²) in [5.41, 5.74) is 0. The molecule has 2 N–H and O–H groups in total. The molecule has 0 aromatic rings. The van der Waals surface area contributed by atoms with Crippen molar-refractivity contribution in [3.05, 3.63) is 0 Å². The lowest BCUT2D eigenvalue weighted by Crippen LogP contribution is -2.41. The molecule has 0 radical (unpaired) electrons. The van der Waals surface area contributed by atoms with Gasteiger partial charge in [0.15, 0.2) is 5.11 Å². The molecule has 88 valence electrons. The van der Waals surface area contributed by atoms with E-state index >= 15 is 0 Å². The van der Waals surface area contributed by atoms with E-state index in [1.807, 2.05) is 0 Å². The van der Waals surface area contributed by atoms with Crippen LogP contribution in [0.5, 0.6) is 0 Å². The zero-order valence-electron chi connectivity index (χ0n) is 9.88. The molecule has 1 aliphatic carbocycles. The summed E-state index contributed by atoms with van der Waals surface area (Å²) in [5.74, 6) is 0. The van der Waals surface area contributed by atoms with Gasteiger partial charge in [-0.1, -0.05) is 12.8 Å². The summed E-state index contributed by atoms with van der Waals surface area (Å²) >= 11 is 5.23. The molecule has 0 atom stereocenters. The normalized spacial score (nSPS) is 17.0. The number of nitrogens with zero attached hydrogens (tertiary/aromatic N) is 1. The number of hydrogen-bond acceptors (Lipinski definition) is 2. The van der Waals surface area contributed by atoms with E-state index in [-0.39, 0.29) is 0 Å². The summed E-state index contributed by atoms with van der Waals surface area (Å²) in [5, 5.41) is 7.47. The van der Waals surface area contributed by atoms with E-state index in [4.69, 9.17) is 12.2 Å². The van der Waals surface area contributed by atoms with Gasteiger partial charge in [0.05, 0.1) is 0 Å². The van der Waals surface area contributed by atoms with Gasteiger partial charge in [-0.15, -0.1) is 0 Å². The molecule has 0 saturated heterocycles. The van der Waals surface area contributed by atoms with Crippen LogP contribution in [0.2, 0.25) is 0 Å². The van der Waals surface area contributed by atoms with Crippen LogP contribution in [-0.2, 0) is 0 Å². The fraction of sp³-hybridized carbons (Fsp3) is 0.909. The molecule has 3 nitrogen and oxygen atoms in total. The predicted molar refractivity (Wildman–Crippen MR) is 69.2 cm³/mol. The van der Waals surface area contributed by atoms with Crippen molar-refractivity contribution in [3.8, 4) is 0 Å². The van der Waals surface area contributed by atoms with Crippen LogP contribution < -0.4 is 10.6 Å². The maximum atomic E-state index is 5.23. The van der Waals surface area contributed by atoms with Crippen LogP contribution >= 0.6 is 12.2 Å². The molecule has 0 bridgehead atoms. The maximum Gasteiger partial charge on any atom is 0.166 e. The lowest BCUT2D eigenvalue weighted by atomic mass is 10.3. The summed E-state index contributed by atoms with van der Waals surface area (Å²) in [4.78, 5) is 2.19. The molecular formula is C11H23N3S. The van der Waals surface area contributed by atoms with E-state index in [9.17, 15) is 0 Å². The molecule has 4 heteroatoms. The molecule has 1 rings (SSSR count). The van der Waals surface area contributed by atoms with Crippen molar-refractivity contribution in [1.29, 1.82) is 0 Å². The van der Waals surface area contributed by atoms with Gasteiger partial charge < -0.3 is 15.5 Å². The molecule has 0 amide bonds. The minimum Gasteiger partial charge on any atom is -0.363 e. The fourth-order valence-electron chi connectivity index (χ4n) is 1.90. The Kier molecular flexibility index (Phi) is 5.95. The zero-order chi connectivity index (χ0) is 11.1. The highest BCUT2D eigenvalue weighted by Gasteiger charge is 2.14. The average molecular weight is 229 g/mol. The van der Waals surface area contributed by atoms with Gasteiger partial charge in [0.25, 0.3) is 0 Å². The van der Waals surface area contributed by atoms with Gasteiger partial charge in [-0.25, -0.2) is 0 Å². The van der Waals surface area contributed by atoms with E-state index in [0.29, 0.717) is 6.04 Å². The van der Waals surface area contributed by atoms with E-state index in [1.165, 1.54) is 25.7 Å². The summed E-state index contributed by atoms with van der Waals surface area (Å²) in [7, 11) is 4.18. The van der Waals surface area contributed by atoms with Crippen molar-refractivity contribution in [2.24, 2.45) is 0 Å². The van der Waals surface area contributed by atoms with Crippen LogP contribution in [-0.4, -0.2) is 43.2 Å². The Labute approximate surface area is 98.6 Å². The second-order valence-corrected chi connectivity index (χ2v) is 4.95. The number of hydrogen-bond donors (Lipinski definition) is 2. The van der Waals surface area contributed by atoms with Crippen LogP contribution in [0.15, 0.2) is 0 Å². The van der Waals surface area contributed by atoms with Crippen LogP contribution in [0.3, 0.4) is 0 Å². The Morgan fingerprint density at radius 1 is 1.33 bits per heavy atom. The first-order chi connectivity index (χ1) is 7.18. The van der Waals surface area contributed by atoms with Crippen molar-refractivity contribution >= 4 is 17.3 Å². The third-order valence-corrected chi connectivity index (χ3v) is 3.02. The lowest BCUT2D eigenvalue weighted by Gasteiger charge is -2.16. The van der Waals surface area contributed by atoms with Gasteiger partial charge in [-0.3, -0.25) is 0 Å². The smallest absolute Gasteiger partial charge is 0.166 e. The van der Waals surface area contributed by atoms with E-state index in [0.717, 1.165) is 24.6 Å². The average Bonchev–Trinajstić information content (AvgIpc) is 2.64. The van der Waals surface area contributed by atoms with Crippen LogP contribution in [0.25, 0.3) is 0 Å². The Morgan fingerprint density at radius 2 is 2.00 bits per heavy atom. The molecule has 1 aliphatic rings. The Bertz CT molecular complexity index is 188. The number of nitrogens with one attached hydrogen (secondary N) is 2. The molecule has 1 saturated carbocycles. The molecule has 15 heavy (non-hydrogen) atoms. The van der Waals surface area contributed by atoms with Gasteiger partial charge in [-0.2, -0.15) is 0 Å². The zero-order valence-corrected chi connectivity index (χ0v) is 10.7. The van der Waals surface area contributed by atoms with Crippen molar-refractivity contribution in [1.82, 2.24) is 15.5 Å². The maximum absolute atomic E-state index is 5.23. The fourth-order valence-corrected chi connectivity index (χ4v) is 2.17. The second-order valence-electron chi connectivity index (χ2n) is 4.54. The van der Waals surface area contributed by atoms with Gasteiger partial charge >= 0.3 is 0 Å². The van der Waals surface area contributed by atoms with Gasteiger partial charge in [0.2, 0.25) is 0 Å². The van der Waals surface area contributed by atoms with Gasteiger partial charge in [0, 0.05) is 12.6 Å². The van der Waals surface area contributed by atoms with Gasteiger partial charge in [-0.05, 0) is 52.1 Å². The predicted octanol–water partition coefficient (Wildman–Crippen LogP) is 1.34. The first-order valence-corrected chi connectivity index (χ1v) is 6.28. The van der Waals surface area contributed by atoms with Crippen LogP contribution in [0.1, 0.15) is 32.1 Å². The topological polar surface area (TPSA) is 27.3 Å². The second kappa shape index (κ2) is 7.01. The third-order valence-electron chi connectivity index (χ3n) is 2.76. The van der Waals surface area contributed by atoms with Crippen LogP contribution in [0.4, 0.5) is 0 Å². The van der Waals surface area contributed by atoms with Gasteiger partial charge in [0.1, 0.15) is 0 Å². The summed E-state index contributed by atoms with van der Waals surface area (Å²) in [6, 6.07) is 0.624. The third kappa shape index (κ3) is 5.95. The highest BCUT2D eigenvalue weighted by atomic mass is 32.1. The molecule has 0 aromatic heterocycles. The molecule has 0 aliphatic heterocycles. The van der Waals surface area contributed by atoms with Crippen molar-refractivity contribution < 1.29 is 0 Å². The molecule has 0 unspecified atom stereocenters. The quantitative estimate of drug-likeness (QED) is 0.550. The molecule has 1 fully saturated rings. The van der Waals surface area contributed by atoms with E-state index in [1.54, 1.807) is 0 Å². The Balaban J connectivity index is 1.98. The molecular weight excluding hydrogens is 206 g/mol. The SMILES string of the molecule is CN(C)CCCNC(=S)NC1CCCC1. The largest absolute Gasteiger partial charge is 0.363 e. The summed E-state index contributed by atoms with van der Waals surface area (Å²) in [6.45, 7) is 2.08. The molecule has 0 heterocycles. The first-order valence-electron chi connectivity index (χ1n) is 5.87. The van der Waals surface area contributed by atoms with Crippen molar-refractivity contribution in [2.45, 2.75) is 38.1 Å². The summed E-state index contributed by atoms with van der Waals surface area (Å²) < 4.78 is 0. The van der Waals surface area contributed by atoms with Crippen LogP contribution in [0, 0.1) is 0 Å². The highest BCUT2D eigenvalue weighted by molar-refractivity contribution is 7.80. The summed E-state index contributed by atoms with van der Waals surface area (Å²) in [6.07, 6.45) is 6.39. The minimum absolute atomic E-state index is 0.624. The van der Waals surface area contributed by atoms with Crippen molar-refractivity contribution in [3.63, 3.8) is 0 Å². The highest BCUT2D eigenvalue weighted by Crippen LogP contribution is 2.17. The lowest BCUT2D eigenvalue weighted by molar-refractivity contribution is 0.399. The molecule has 0 aromatic carbocycles. The monoisotopic (exact) mass is 229 g/mol. The van der Waals surface area contributed by atoms with Crippen molar-refractivity contribution in [2.75, 3.05) is 27.2 Å². The molecule has 0 spiro atoms. The standard InChI is InChI=1S/C11H23N3S/c1-14(2)9-5-8-12-11(15)13-10-6-3-4-7-10/h10H,3-9H2,1-2H3,(H2,12,13,15). The number of thiocarbonyl (C=S) groups is 1. The number of rotatable bonds is 5. The minimum atomic E-state index is 0.624.